The lowest BCUT2D eigenvalue weighted by molar-refractivity contribution is -0.192. The highest BCUT2D eigenvalue weighted by molar-refractivity contribution is 8.01. The van der Waals surface area contributed by atoms with Crippen molar-refractivity contribution in [2.45, 2.75) is 23.4 Å². The van der Waals surface area contributed by atoms with Gasteiger partial charge in [0.25, 0.3) is 5.91 Å². The van der Waals surface area contributed by atoms with Crippen molar-refractivity contribution in [2.75, 3.05) is 18.8 Å². The van der Waals surface area contributed by atoms with E-state index >= 15 is 0 Å². The molecule has 1 atom stereocenters. The molecule has 1 unspecified atom stereocenters. The van der Waals surface area contributed by atoms with E-state index in [1.807, 2.05) is 28.8 Å². The second-order valence-corrected chi connectivity index (χ2v) is 8.59. The van der Waals surface area contributed by atoms with Gasteiger partial charge in [-0.15, -0.1) is 11.8 Å². The summed E-state index contributed by atoms with van der Waals surface area (Å²) < 4.78 is 50.8. The van der Waals surface area contributed by atoms with Crippen molar-refractivity contribution in [2.24, 2.45) is 0 Å². The summed E-state index contributed by atoms with van der Waals surface area (Å²) in [6, 6.07) is 9.50. The number of thioether (sulfide) groups is 1. The molecule has 1 N–H and O–H groups in total. The Balaban J connectivity index is 0.000000339. The fraction of sp³-hybridized carbons (Fsp3) is 0.350. The Morgan fingerprint density at radius 2 is 1.84 bits per heavy atom. The predicted octanol–water partition coefficient (Wildman–Crippen LogP) is 3.63. The molecule has 0 radical (unpaired) electrons. The highest BCUT2D eigenvalue weighted by Crippen LogP contribution is 2.46. The van der Waals surface area contributed by atoms with Crippen LogP contribution in [-0.2, 0) is 4.79 Å². The Morgan fingerprint density at radius 3 is 2.39 bits per heavy atom. The van der Waals surface area contributed by atoms with E-state index in [9.17, 15) is 22.4 Å². The highest BCUT2D eigenvalue weighted by Gasteiger charge is 2.51. The van der Waals surface area contributed by atoms with Crippen molar-refractivity contribution >= 4 is 23.6 Å². The molecule has 2 aromatic rings. The van der Waals surface area contributed by atoms with E-state index in [2.05, 4.69) is 4.98 Å². The third kappa shape index (κ3) is 5.87. The first-order chi connectivity index (χ1) is 14.6. The number of alkyl halides is 3. The maximum Gasteiger partial charge on any atom is 0.490 e. The van der Waals surface area contributed by atoms with Gasteiger partial charge < -0.3 is 14.7 Å². The average Bonchev–Trinajstić information content (AvgIpc) is 3.12. The van der Waals surface area contributed by atoms with Crippen LogP contribution in [0.1, 0.15) is 16.8 Å². The number of carbonyl (C=O) groups is 2. The van der Waals surface area contributed by atoms with Crippen LogP contribution in [-0.4, -0.2) is 62.7 Å². The smallest absolute Gasteiger partial charge is 0.488 e. The molecule has 11 heteroatoms. The molecule has 2 fully saturated rings. The highest BCUT2D eigenvalue weighted by atomic mass is 32.2. The SMILES string of the molecule is O=C(O)C(F)(F)F.O=C(c1ccc(F)cc1)N1CC2(CC(Oc3cccnc3)CS2)C1. The molecule has 0 bridgehead atoms. The third-order valence-corrected chi connectivity index (χ3v) is 6.27. The number of nitrogens with zero attached hydrogens (tertiary/aromatic N) is 2. The molecule has 2 aliphatic heterocycles. The molecule has 1 spiro atoms. The first-order valence-electron chi connectivity index (χ1n) is 9.14. The molecular formula is C20H18F4N2O4S. The number of rotatable bonds is 3. The summed E-state index contributed by atoms with van der Waals surface area (Å²) in [6.45, 7) is 1.45. The number of carboxylic acids is 1. The van der Waals surface area contributed by atoms with Crippen molar-refractivity contribution in [3.8, 4) is 5.75 Å². The molecule has 1 amide bonds. The van der Waals surface area contributed by atoms with Gasteiger partial charge in [-0.1, -0.05) is 0 Å². The van der Waals surface area contributed by atoms with Gasteiger partial charge in [0.2, 0.25) is 0 Å². The quantitative estimate of drug-likeness (QED) is 0.708. The predicted molar refractivity (Wildman–Crippen MR) is 104 cm³/mol. The van der Waals surface area contributed by atoms with Crippen LogP contribution < -0.4 is 4.74 Å². The first-order valence-corrected chi connectivity index (χ1v) is 10.1. The molecule has 3 heterocycles. The Morgan fingerprint density at radius 1 is 1.19 bits per heavy atom. The molecule has 0 saturated carbocycles. The summed E-state index contributed by atoms with van der Waals surface area (Å²) in [6.07, 6.45) is -0.550. The standard InChI is InChI=1S/C18H17FN2O2S.C2HF3O2/c19-14-5-3-13(4-6-14)17(22)21-11-18(12-21)8-16(10-24-18)23-15-2-1-7-20-9-15;3-2(4,5)1(6)7/h1-7,9,16H,8,10-12H2;(H,6,7). The van der Waals surface area contributed by atoms with Crippen LogP contribution in [0.4, 0.5) is 17.6 Å². The van der Waals surface area contributed by atoms with Crippen LogP contribution in [0, 0.1) is 5.82 Å². The largest absolute Gasteiger partial charge is 0.490 e. The van der Waals surface area contributed by atoms with Crippen molar-refractivity contribution in [1.29, 1.82) is 0 Å². The summed E-state index contributed by atoms with van der Waals surface area (Å²) in [7, 11) is 0. The number of carbonyl (C=O) groups excluding carboxylic acids is 1. The van der Waals surface area contributed by atoms with Gasteiger partial charge in [0.05, 0.1) is 10.9 Å². The molecule has 2 aliphatic rings. The van der Waals surface area contributed by atoms with Crippen molar-refractivity contribution < 1.29 is 37.0 Å². The van der Waals surface area contributed by atoms with Crippen molar-refractivity contribution in [3.05, 3.63) is 60.2 Å². The van der Waals surface area contributed by atoms with Crippen molar-refractivity contribution in [3.63, 3.8) is 0 Å². The number of amides is 1. The van der Waals surface area contributed by atoms with Gasteiger partial charge in [-0.3, -0.25) is 9.78 Å². The number of pyridine rings is 1. The summed E-state index contributed by atoms with van der Waals surface area (Å²) in [5, 5.41) is 7.12. The van der Waals surface area contributed by atoms with Gasteiger partial charge in [-0.05, 0) is 36.4 Å². The Bertz CT molecular complexity index is 919. The molecule has 31 heavy (non-hydrogen) atoms. The normalized spacial score (nSPS) is 19.2. The molecule has 2 saturated heterocycles. The number of hydrogen-bond donors (Lipinski definition) is 1. The second kappa shape index (κ2) is 9.13. The number of halogens is 4. The van der Waals surface area contributed by atoms with Crippen LogP contribution in [0.25, 0.3) is 0 Å². The van der Waals surface area contributed by atoms with E-state index in [0.717, 1.165) is 31.0 Å². The Kier molecular flexibility index (Phi) is 6.73. The maximum atomic E-state index is 13.0. The molecule has 0 aliphatic carbocycles. The molecule has 166 valence electrons. The minimum absolute atomic E-state index is 0.0298. The van der Waals surface area contributed by atoms with Gasteiger partial charge in [0.15, 0.2) is 0 Å². The number of benzene rings is 1. The zero-order valence-electron chi connectivity index (χ0n) is 16.0. The fourth-order valence-corrected chi connectivity index (χ4v) is 4.80. The second-order valence-electron chi connectivity index (χ2n) is 7.10. The van der Waals surface area contributed by atoms with E-state index in [4.69, 9.17) is 14.6 Å². The fourth-order valence-electron chi connectivity index (χ4n) is 3.28. The van der Waals surface area contributed by atoms with Gasteiger partial charge in [-0.2, -0.15) is 13.2 Å². The summed E-state index contributed by atoms with van der Waals surface area (Å²) >= 11 is 1.88. The lowest BCUT2D eigenvalue weighted by Crippen LogP contribution is -2.60. The minimum Gasteiger partial charge on any atom is -0.488 e. The molecule has 4 rings (SSSR count). The van der Waals surface area contributed by atoms with Gasteiger partial charge in [-0.25, -0.2) is 9.18 Å². The number of ether oxygens (including phenoxy) is 1. The van der Waals surface area contributed by atoms with Crippen LogP contribution >= 0.6 is 11.8 Å². The summed E-state index contributed by atoms with van der Waals surface area (Å²) in [4.78, 5) is 27.2. The number of hydrogen-bond acceptors (Lipinski definition) is 5. The van der Waals surface area contributed by atoms with Crippen LogP contribution in [0.2, 0.25) is 0 Å². The zero-order valence-corrected chi connectivity index (χ0v) is 16.8. The van der Waals surface area contributed by atoms with E-state index in [1.54, 1.807) is 24.5 Å². The Hall–Kier alpha value is -2.82. The summed E-state index contributed by atoms with van der Waals surface area (Å²) in [5.74, 6) is -1.40. The molecule has 6 nitrogen and oxygen atoms in total. The van der Waals surface area contributed by atoms with E-state index in [1.165, 1.54) is 12.1 Å². The zero-order chi connectivity index (χ0) is 22.6. The van der Waals surface area contributed by atoms with Gasteiger partial charge in [0.1, 0.15) is 17.7 Å². The first kappa shape index (κ1) is 22.9. The number of aromatic nitrogens is 1. The van der Waals surface area contributed by atoms with Crippen molar-refractivity contribution in [1.82, 2.24) is 9.88 Å². The maximum absolute atomic E-state index is 13.0. The topological polar surface area (TPSA) is 79.7 Å². The minimum atomic E-state index is -5.08. The lowest BCUT2D eigenvalue weighted by atomic mass is 9.92. The number of likely N-dealkylation sites (tertiary alicyclic amines) is 1. The van der Waals surface area contributed by atoms with E-state index < -0.39 is 12.1 Å². The average molecular weight is 458 g/mol. The van der Waals surface area contributed by atoms with Crippen LogP contribution in [0.3, 0.4) is 0 Å². The third-order valence-electron chi connectivity index (χ3n) is 4.69. The summed E-state index contributed by atoms with van der Waals surface area (Å²) in [5.41, 5.74) is 0.539. The Labute approximate surface area is 179 Å². The van der Waals surface area contributed by atoms with E-state index in [0.29, 0.717) is 5.56 Å². The van der Waals surface area contributed by atoms with Gasteiger partial charge in [0, 0.05) is 37.0 Å². The molecule has 1 aromatic heterocycles. The molecule has 1 aromatic carbocycles. The number of carboxylic acid groups (broad SMARTS) is 1. The van der Waals surface area contributed by atoms with Crippen LogP contribution in [0.5, 0.6) is 5.75 Å². The monoisotopic (exact) mass is 458 g/mol. The van der Waals surface area contributed by atoms with Gasteiger partial charge >= 0.3 is 12.1 Å². The number of aliphatic carboxylic acids is 1. The molecular weight excluding hydrogens is 440 g/mol. The lowest BCUT2D eigenvalue weighted by Gasteiger charge is -2.47. The van der Waals surface area contributed by atoms with E-state index in [-0.39, 0.29) is 22.6 Å². The van der Waals surface area contributed by atoms with Crippen LogP contribution in [0.15, 0.2) is 48.8 Å².